The van der Waals surface area contributed by atoms with E-state index in [4.69, 9.17) is 9.84 Å². The van der Waals surface area contributed by atoms with Gasteiger partial charge < -0.3 is 20.5 Å². The van der Waals surface area contributed by atoms with Gasteiger partial charge in [-0.2, -0.15) is 5.26 Å². The number of aliphatic hydroxyl groups excluding tert-OH is 1. The number of amides is 2. The van der Waals surface area contributed by atoms with Gasteiger partial charge in [0.25, 0.3) is 0 Å². The average molecular weight is 426 g/mol. The lowest BCUT2D eigenvalue weighted by Crippen LogP contribution is -2.29. The molecule has 9 heteroatoms. The Morgan fingerprint density at radius 3 is 3.07 bits per heavy atom. The number of nitrogens with one attached hydrogen (secondary N) is 2. The molecule has 0 spiro atoms. The lowest BCUT2D eigenvalue weighted by Gasteiger charge is -2.21. The van der Waals surface area contributed by atoms with E-state index in [1.54, 1.807) is 24.5 Å². The van der Waals surface area contributed by atoms with Crippen molar-refractivity contribution in [2.75, 3.05) is 25.1 Å². The molecule has 1 aliphatic rings. The molecule has 156 valence electrons. The maximum absolute atomic E-state index is 12.3. The van der Waals surface area contributed by atoms with Gasteiger partial charge in [-0.25, -0.2) is 4.79 Å². The van der Waals surface area contributed by atoms with E-state index < -0.39 is 6.09 Å². The molecule has 1 atom stereocenters. The van der Waals surface area contributed by atoms with Gasteiger partial charge in [0.2, 0.25) is 5.91 Å². The average Bonchev–Trinajstić information content (AvgIpc) is 3.11. The summed E-state index contributed by atoms with van der Waals surface area (Å²) in [7, 11) is 0. The molecule has 0 saturated heterocycles. The van der Waals surface area contributed by atoms with Crippen LogP contribution in [0.4, 0.5) is 9.80 Å². The van der Waals surface area contributed by atoms with E-state index >= 15 is 0 Å². The third kappa shape index (κ3) is 5.65. The number of ether oxygens (including phenoxy) is 1. The fourth-order valence-corrected chi connectivity index (χ4v) is 4.52. The van der Waals surface area contributed by atoms with Crippen LogP contribution < -0.4 is 10.6 Å². The summed E-state index contributed by atoms with van der Waals surface area (Å²) in [5, 5.41) is 24.1. The number of alkyl carbamates (subject to hydrolysis) is 1. The third-order valence-electron chi connectivity index (χ3n) is 4.66. The van der Waals surface area contributed by atoms with Gasteiger partial charge in [0.05, 0.1) is 18.8 Å². The van der Waals surface area contributed by atoms with Crippen LogP contribution in [-0.4, -0.2) is 41.8 Å². The molecule has 3 N–H and O–H groups in total. The predicted molar refractivity (Wildman–Crippen MR) is 113 cm³/mol. The van der Waals surface area contributed by atoms with E-state index in [-0.39, 0.29) is 31.6 Å². The maximum Gasteiger partial charge on any atom is 0.407 e. The zero-order valence-electron chi connectivity index (χ0n) is 16.3. The predicted octanol–water partition coefficient (Wildman–Crippen LogP) is 2.49. The number of fused-ring (bicyclic) bond motifs is 1. The summed E-state index contributed by atoms with van der Waals surface area (Å²) in [5.41, 5.74) is 2.29. The molecule has 30 heavy (non-hydrogen) atoms. The van der Waals surface area contributed by atoms with Gasteiger partial charge in [-0.15, -0.1) is 11.3 Å². The Balaban J connectivity index is 1.62. The largest absolute Gasteiger partial charge is 0.449 e. The minimum atomic E-state index is -0.549. The molecule has 0 aromatic carbocycles. The van der Waals surface area contributed by atoms with Crippen LogP contribution in [-0.2, 0) is 22.4 Å². The summed E-state index contributed by atoms with van der Waals surface area (Å²) in [5.74, 6) is -0.161. The van der Waals surface area contributed by atoms with Crippen molar-refractivity contribution >= 4 is 34.4 Å². The van der Waals surface area contributed by atoms with Crippen molar-refractivity contribution in [1.82, 2.24) is 10.3 Å². The van der Waals surface area contributed by atoms with Crippen molar-refractivity contribution in [2.24, 2.45) is 5.92 Å². The number of hydrogen-bond acceptors (Lipinski definition) is 7. The number of anilines is 1. The Hall–Kier alpha value is -3.22. The lowest BCUT2D eigenvalue weighted by molar-refractivity contribution is -0.111. The van der Waals surface area contributed by atoms with Crippen molar-refractivity contribution in [3.63, 3.8) is 0 Å². The number of nitriles is 1. The molecule has 1 unspecified atom stereocenters. The molecule has 2 aromatic rings. The van der Waals surface area contributed by atoms with Gasteiger partial charge in [0.15, 0.2) is 0 Å². The van der Waals surface area contributed by atoms with Crippen LogP contribution in [0.25, 0.3) is 6.08 Å². The Morgan fingerprint density at radius 2 is 2.33 bits per heavy atom. The second kappa shape index (κ2) is 10.5. The van der Waals surface area contributed by atoms with Gasteiger partial charge in [-0.05, 0) is 48.4 Å². The fraction of sp³-hybridized carbons (Fsp3) is 0.333. The summed E-state index contributed by atoms with van der Waals surface area (Å²) in [6.07, 6.45) is 8.02. The number of carbonyl (C=O) groups excluding carboxylic acids is 2. The second-order valence-electron chi connectivity index (χ2n) is 6.79. The number of thiophene rings is 1. The first-order valence-corrected chi connectivity index (χ1v) is 10.4. The van der Waals surface area contributed by atoms with E-state index in [0.717, 1.165) is 22.4 Å². The molecule has 3 rings (SSSR count). The second-order valence-corrected chi connectivity index (χ2v) is 7.89. The highest BCUT2D eigenvalue weighted by Gasteiger charge is 2.27. The molecule has 0 bridgehead atoms. The molecule has 0 aliphatic heterocycles. The highest BCUT2D eigenvalue weighted by molar-refractivity contribution is 7.16. The van der Waals surface area contributed by atoms with Gasteiger partial charge in [-0.1, -0.05) is 6.07 Å². The van der Waals surface area contributed by atoms with Crippen LogP contribution in [0, 0.1) is 17.2 Å². The molecule has 0 fully saturated rings. The maximum atomic E-state index is 12.3. The standard InChI is InChI=1S/C21H22N4O4S/c22-11-17-16-5-3-15(13-29-21(28)24-8-9-26)10-18(16)30-20(17)25-19(27)6-4-14-2-1-7-23-12-14/h1-2,4,6-7,12,15,26H,3,5,8-10,13H2,(H,24,28)(H,25,27). The molecule has 0 saturated carbocycles. The van der Waals surface area contributed by atoms with Crippen molar-refractivity contribution in [3.8, 4) is 6.07 Å². The summed E-state index contributed by atoms with van der Waals surface area (Å²) in [6.45, 7) is 0.286. The first kappa shape index (κ1) is 21.5. The Kier molecular flexibility index (Phi) is 7.54. The molecule has 2 aromatic heterocycles. The number of aromatic nitrogens is 1. The zero-order valence-corrected chi connectivity index (χ0v) is 17.1. The molecule has 1 aliphatic carbocycles. The molecule has 8 nitrogen and oxygen atoms in total. The first-order valence-electron chi connectivity index (χ1n) is 9.56. The molecule has 0 radical (unpaired) electrons. The SMILES string of the molecule is N#Cc1c(NC(=O)C=Cc2cccnc2)sc2c1CCC(COC(=O)NCCO)C2. The van der Waals surface area contributed by atoms with Gasteiger partial charge in [0.1, 0.15) is 11.1 Å². The van der Waals surface area contributed by atoms with Gasteiger partial charge in [0, 0.05) is 29.9 Å². The van der Waals surface area contributed by atoms with E-state index in [9.17, 15) is 14.9 Å². The monoisotopic (exact) mass is 426 g/mol. The van der Waals surface area contributed by atoms with Crippen LogP contribution in [0.2, 0.25) is 0 Å². The smallest absolute Gasteiger partial charge is 0.407 e. The number of nitrogens with zero attached hydrogens (tertiary/aromatic N) is 2. The van der Waals surface area contributed by atoms with Crippen LogP contribution in [0.1, 0.15) is 28.0 Å². The third-order valence-corrected chi connectivity index (χ3v) is 5.83. The van der Waals surface area contributed by atoms with Crippen LogP contribution in [0.15, 0.2) is 30.6 Å². The van der Waals surface area contributed by atoms with Crippen LogP contribution >= 0.6 is 11.3 Å². The lowest BCUT2D eigenvalue weighted by atomic mass is 9.88. The summed E-state index contributed by atoms with van der Waals surface area (Å²) in [4.78, 5) is 28.9. The van der Waals surface area contributed by atoms with Crippen LogP contribution in [0.3, 0.4) is 0 Å². The minimum Gasteiger partial charge on any atom is -0.449 e. The van der Waals surface area contributed by atoms with Crippen molar-refractivity contribution in [3.05, 3.63) is 52.2 Å². The normalized spacial score (nSPS) is 15.3. The molecular weight excluding hydrogens is 404 g/mol. The quantitative estimate of drug-likeness (QED) is 0.584. The summed E-state index contributed by atoms with van der Waals surface area (Å²) < 4.78 is 5.20. The fourth-order valence-electron chi connectivity index (χ4n) is 3.21. The first-order chi connectivity index (χ1) is 14.6. The van der Waals surface area contributed by atoms with E-state index in [2.05, 4.69) is 21.7 Å². The molecule has 2 amide bonds. The Labute approximate surface area is 178 Å². The number of pyridine rings is 1. The van der Waals surface area contributed by atoms with Crippen molar-refractivity contribution < 1.29 is 19.4 Å². The van der Waals surface area contributed by atoms with Crippen LogP contribution in [0.5, 0.6) is 0 Å². The molecular formula is C21H22N4O4S. The summed E-state index contributed by atoms with van der Waals surface area (Å²) >= 11 is 1.40. The molecule has 2 heterocycles. The minimum absolute atomic E-state index is 0.139. The van der Waals surface area contributed by atoms with E-state index in [0.29, 0.717) is 23.4 Å². The number of carbonyl (C=O) groups is 2. The van der Waals surface area contributed by atoms with Gasteiger partial charge in [-0.3, -0.25) is 9.78 Å². The van der Waals surface area contributed by atoms with Crippen molar-refractivity contribution in [1.29, 1.82) is 5.26 Å². The zero-order chi connectivity index (χ0) is 21.3. The topological polar surface area (TPSA) is 124 Å². The highest BCUT2D eigenvalue weighted by atomic mass is 32.1. The summed E-state index contributed by atoms with van der Waals surface area (Å²) in [6, 6.07) is 5.84. The number of rotatable bonds is 7. The van der Waals surface area contributed by atoms with Gasteiger partial charge >= 0.3 is 6.09 Å². The Morgan fingerprint density at radius 1 is 1.47 bits per heavy atom. The van der Waals surface area contributed by atoms with E-state index in [1.165, 1.54) is 17.4 Å². The Bertz CT molecular complexity index is 965. The highest BCUT2D eigenvalue weighted by Crippen LogP contribution is 2.39. The number of hydrogen-bond donors (Lipinski definition) is 3. The van der Waals surface area contributed by atoms with E-state index in [1.807, 2.05) is 6.07 Å². The van der Waals surface area contributed by atoms with Crippen molar-refractivity contribution in [2.45, 2.75) is 19.3 Å². The number of aliphatic hydroxyl groups is 1.